The number of carbonyl (C=O) groups is 1. The summed E-state index contributed by atoms with van der Waals surface area (Å²) in [5.74, 6) is 0.893. The van der Waals surface area contributed by atoms with Gasteiger partial charge in [-0.05, 0) is 25.0 Å². The second kappa shape index (κ2) is 12.2. The standard InChI is InChI=1S/C13H25FO2S/c1-3-9-12(13(15)16-2)17-11-8-6-4-5-7-10-14/h12H,3-11H2,1-2H3. The van der Waals surface area contributed by atoms with Crippen LogP contribution in [0.15, 0.2) is 0 Å². The van der Waals surface area contributed by atoms with E-state index >= 15 is 0 Å². The molecule has 0 amide bonds. The zero-order chi connectivity index (χ0) is 12.9. The molecular formula is C13H25FO2S. The number of hydrogen-bond acceptors (Lipinski definition) is 3. The average Bonchev–Trinajstić information content (AvgIpc) is 2.35. The smallest absolute Gasteiger partial charge is 0.318 e. The first-order valence-corrected chi connectivity index (χ1v) is 7.56. The van der Waals surface area contributed by atoms with E-state index in [1.54, 1.807) is 11.8 Å². The van der Waals surface area contributed by atoms with Crippen molar-refractivity contribution in [3.63, 3.8) is 0 Å². The van der Waals surface area contributed by atoms with Crippen molar-refractivity contribution in [2.24, 2.45) is 0 Å². The van der Waals surface area contributed by atoms with Crippen LogP contribution in [0.25, 0.3) is 0 Å². The lowest BCUT2D eigenvalue weighted by Gasteiger charge is -2.12. The van der Waals surface area contributed by atoms with Crippen LogP contribution >= 0.6 is 11.8 Å². The van der Waals surface area contributed by atoms with E-state index in [9.17, 15) is 9.18 Å². The molecule has 2 nitrogen and oxygen atoms in total. The van der Waals surface area contributed by atoms with Crippen LogP contribution in [0.5, 0.6) is 0 Å². The molecule has 0 aromatic rings. The van der Waals surface area contributed by atoms with Gasteiger partial charge in [0.15, 0.2) is 0 Å². The van der Waals surface area contributed by atoms with Crippen molar-refractivity contribution in [1.82, 2.24) is 0 Å². The Labute approximate surface area is 109 Å². The number of ether oxygens (including phenoxy) is 1. The van der Waals surface area contributed by atoms with E-state index in [-0.39, 0.29) is 17.9 Å². The van der Waals surface area contributed by atoms with Crippen LogP contribution in [0.2, 0.25) is 0 Å². The van der Waals surface area contributed by atoms with E-state index in [2.05, 4.69) is 6.92 Å². The van der Waals surface area contributed by atoms with Gasteiger partial charge in [0.1, 0.15) is 5.25 Å². The van der Waals surface area contributed by atoms with Crippen LogP contribution in [0.1, 0.15) is 51.9 Å². The molecule has 0 aliphatic rings. The van der Waals surface area contributed by atoms with Crippen molar-refractivity contribution in [2.75, 3.05) is 19.5 Å². The number of carbonyl (C=O) groups excluding carboxylic acids is 1. The van der Waals surface area contributed by atoms with Crippen molar-refractivity contribution < 1.29 is 13.9 Å². The minimum absolute atomic E-state index is 0.00385. The highest BCUT2D eigenvalue weighted by Gasteiger charge is 2.17. The third-order valence-corrected chi connectivity index (χ3v) is 3.97. The van der Waals surface area contributed by atoms with Gasteiger partial charge in [-0.1, -0.05) is 32.6 Å². The molecule has 102 valence electrons. The highest BCUT2D eigenvalue weighted by Crippen LogP contribution is 2.20. The molecule has 0 rings (SSSR count). The molecule has 0 fully saturated rings. The molecule has 0 aromatic carbocycles. The lowest BCUT2D eigenvalue weighted by molar-refractivity contribution is -0.140. The van der Waals surface area contributed by atoms with Gasteiger partial charge in [0.25, 0.3) is 0 Å². The van der Waals surface area contributed by atoms with Crippen LogP contribution < -0.4 is 0 Å². The molecule has 0 bridgehead atoms. The van der Waals surface area contributed by atoms with Gasteiger partial charge >= 0.3 is 5.97 Å². The Balaban J connectivity index is 3.51. The SMILES string of the molecule is CCCC(SCCCCCCCF)C(=O)OC. The summed E-state index contributed by atoms with van der Waals surface area (Å²) in [6.45, 7) is 1.88. The van der Waals surface area contributed by atoms with Crippen LogP contribution in [-0.2, 0) is 9.53 Å². The first-order valence-electron chi connectivity index (χ1n) is 6.51. The Bertz CT molecular complexity index is 188. The third-order valence-electron chi connectivity index (χ3n) is 2.61. The summed E-state index contributed by atoms with van der Waals surface area (Å²) < 4.78 is 16.6. The number of unbranched alkanes of at least 4 members (excludes halogenated alkanes) is 4. The Morgan fingerprint density at radius 3 is 2.47 bits per heavy atom. The zero-order valence-corrected chi connectivity index (χ0v) is 11.9. The van der Waals surface area contributed by atoms with E-state index in [4.69, 9.17) is 4.74 Å². The van der Waals surface area contributed by atoms with Crippen molar-refractivity contribution in [3.8, 4) is 0 Å². The topological polar surface area (TPSA) is 26.3 Å². The lowest BCUT2D eigenvalue weighted by atomic mass is 10.2. The fourth-order valence-electron chi connectivity index (χ4n) is 1.62. The van der Waals surface area contributed by atoms with E-state index in [1.165, 1.54) is 7.11 Å². The fourth-order valence-corrected chi connectivity index (χ4v) is 2.91. The van der Waals surface area contributed by atoms with Crippen molar-refractivity contribution in [2.45, 2.75) is 57.1 Å². The van der Waals surface area contributed by atoms with E-state index < -0.39 is 0 Å². The number of rotatable bonds is 11. The maximum atomic E-state index is 11.8. The van der Waals surface area contributed by atoms with Gasteiger partial charge in [-0.15, -0.1) is 11.8 Å². The van der Waals surface area contributed by atoms with Crippen LogP contribution in [0.4, 0.5) is 4.39 Å². The third kappa shape index (κ3) is 9.45. The second-order valence-corrected chi connectivity index (χ2v) is 5.44. The lowest BCUT2D eigenvalue weighted by Crippen LogP contribution is -2.19. The highest BCUT2D eigenvalue weighted by atomic mass is 32.2. The summed E-state index contributed by atoms with van der Waals surface area (Å²) in [6.07, 6.45) is 6.90. The molecule has 4 heteroatoms. The number of esters is 1. The summed E-state index contributed by atoms with van der Waals surface area (Å²) in [5, 5.41) is -0.00385. The maximum Gasteiger partial charge on any atom is 0.318 e. The van der Waals surface area contributed by atoms with Gasteiger partial charge < -0.3 is 4.74 Å². The van der Waals surface area contributed by atoms with E-state index in [0.29, 0.717) is 6.42 Å². The molecule has 17 heavy (non-hydrogen) atoms. The van der Waals surface area contributed by atoms with Gasteiger partial charge in [-0.3, -0.25) is 9.18 Å². The molecule has 0 saturated heterocycles. The van der Waals surface area contributed by atoms with Crippen LogP contribution in [0, 0.1) is 0 Å². The first-order chi connectivity index (χ1) is 8.26. The van der Waals surface area contributed by atoms with Gasteiger partial charge in [0, 0.05) is 0 Å². The summed E-state index contributed by atoms with van der Waals surface area (Å²) in [5.41, 5.74) is 0. The van der Waals surface area contributed by atoms with Crippen LogP contribution in [-0.4, -0.2) is 30.8 Å². The number of thioether (sulfide) groups is 1. The van der Waals surface area contributed by atoms with E-state index in [0.717, 1.165) is 44.3 Å². The van der Waals surface area contributed by atoms with Gasteiger partial charge in [0.05, 0.1) is 13.8 Å². The molecule has 0 spiro atoms. The highest BCUT2D eigenvalue weighted by molar-refractivity contribution is 8.00. The molecule has 1 unspecified atom stereocenters. The predicted octanol–water partition coefficient (Wildman–Crippen LogP) is 3.98. The quantitative estimate of drug-likeness (QED) is 0.417. The van der Waals surface area contributed by atoms with Crippen molar-refractivity contribution in [3.05, 3.63) is 0 Å². The van der Waals surface area contributed by atoms with Crippen molar-refractivity contribution >= 4 is 17.7 Å². The molecule has 0 aliphatic carbocycles. The number of hydrogen-bond donors (Lipinski definition) is 0. The summed E-state index contributed by atoms with van der Waals surface area (Å²) in [6, 6.07) is 0. The maximum absolute atomic E-state index is 11.8. The molecular weight excluding hydrogens is 239 g/mol. The Hall–Kier alpha value is -0.250. The molecule has 0 saturated carbocycles. The fraction of sp³-hybridized carbons (Fsp3) is 0.923. The number of halogens is 1. The molecule has 0 aromatic heterocycles. The second-order valence-electron chi connectivity index (χ2n) is 4.13. The molecule has 1 atom stereocenters. The summed E-state index contributed by atoms with van der Waals surface area (Å²) in [4.78, 5) is 11.4. The van der Waals surface area contributed by atoms with Gasteiger partial charge in [-0.2, -0.15) is 0 Å². The summed E-state index contributed by atoms with van der Waals surface area (Å²) >= 11 is 1.69. The normalized spacial score (nSPS) is 12.4. The Morgan fingerprint density at radius 1 is 1.24 bits per heavy atom. The Morgan fingerprint density at radius 2 is 1.88 bits per heavy atom. The number of methoxy groups -OCH3 is 1. The molecule has 0 heterocycles. The summed E-state index contributed by atoms with van der Waals surface area (Å²) in [7, 11) is 1.45. The minimum Gasteiger partial charge on any atom is -0.468 e. The average molecular weight is 264 g/mol. The largest absolute Gasteiger partial charge is 0.468 e. The first kappa shape index (κ1) is 16.8. The zero-order valence-electron chi connectivity index (χ0n) is 11.0. The van der Waals surface area contributed by atoms with Gasteiger partial charge in [0.2, 0.25) is 0 Å². The molecule has 0 N–H and O–H groups in total. The van der Waals surface area contributed by atoms with Crippen LogP contribution in [0.3, 0.4) is 0 Å². The van der Waals surface area contributed by atoms with E-state index in [1.807, 2.05) is 0 Å². The predicted molar refractivity (Wildman–Crippen MR) is 72.2 cm³/mol. The molecule has 0 aliphatic heterocycles. The van der Waals surface area contributed by atoms with Crippen molar-refractivity contribution in [1.29, 1.82) is 0 Å². The number of alkyl halides is 1. The van der Waals surface area contributed by atoms with Gasteiger partial charge in [-0.25, -0.2) is 0 Å². The monoisotopic (exact) mass is 264 g/mol. The molecule has 0 radical (unpaired) electrons. The Kier molecular flexibility index (Phi) is 12.0. The minimum atomic E-state index is -0.199.